The van der Waals surface area contributed by atoms with Crippen LogP contribution < -0.4 is 5.73 Å². The van der Waals surface area contributed by atoms with E-state index in [0.717, 1.165) is 12.0 Å². The summed E-state index contributed by atoms with van der Waals surface area (Å²) in [7, 11) is 3.44. The summed E-state index contributed by atoms with van der Waals surface area (Å²) in [6.45, 7) is 3.54. The van der Waals surface area contributed by atoms with Crippen LogP contribution in [0.5, 0.6) is 0 Å². The molecule has 1 aromatic rings. The van der Waals surface area contributed by atoms with Gasteiger partial charge < -0.3 is 20.4 Å². The van der Waals surface area contributed by atoms with Gasteiger partial charge in [-0.3, -0.25) is 19.3 Å². The maximum absolute atomic E-state index is 13.3. The molecule has 2 N–H and O–H groups in total. The molecule has 3 aliphatic heterocycles. The van der Waals surface area contributed by atoms with E-state index in [9.17, 15) is 19.6 Å². The average Bonchev–Trinajstić information content (AvgIpc) is 3.52. The molecule has 4 rings (SSSR count). The third-order valence-electron chi connectivity index (χ3n) is 7.19. The number of rotatable bonds is 6. The second-order valence-electron chi connectivity index (χ2n) is 9.53. The van der Waals surface area contributed by atoms with Crippen molar-refractivity contribution in [2.45, 2.75) is 56.4 Å². The Hall–Kier alpha value is -2.96. The van der Waals surface area contributed by atoms with Crippen molar-refractivity contribution in [1.82, 2.24) is 19.6 Å². The number of hydrogen-bond acceptors (Lipinski definition) is 6. The van der Waals surface area contributed by atoms with Crippen LogP contribution in [-0.4, -0.2) is 95.2 Å². The van der Waals surface area contributed by atoms with Crippen LogP contribution in [0.1, 0.15) is 48.1 Å². The zero-order valence-electron chi connectivity index (χ0n) is 19.5. The lowest BCUT2D eigenvalue weighted by atomic mass is 10.0. The van der Waals surface area contributed by atoms with E-state index >= 15 is 0 Å². The Kier molecular flexibility index (Phi) is 6.41. The molecular weight excluding hydrogens is 420 g/mol. The standard InChI is InChI=1S/C24H32N6O3/c1-15(16-6-4-7-17(10-16)22(31)27(2)3)30-19-11-21(24(30)33)28(13-19)14-20(26)23(32)29-9-5-8-18(29)12-25/h4,6-7,10,15,18-21H,5,8-9,11,13-14,26H2,1-3H3/t15-,18+,19?,20+,21-/m1/s1. The maximum atomic E-state index is 13.3. The lowest BCUT2D eigenvalue weighted by Gasteiger charge is -2.38. The zero-order valence-corrected chi connectivity index (χ0v) is 19.5. The largest absolute Gasteiger partial charge is 0.345 e. The highest BCUT2D eigenvalue weighted by Gasteiger charge is 2.51. The summed E-state index contributed by atoms with van der Waals surface area (Å²) in [5, 5.41) is 9.26. The first kappa shape index (κ1) is 23.2. The number of carbonyl (C=O) groups excluding carboxylic acids is 3. The topological polar surface area (TPSA) is 114 Å². The molecule has 3 saturated heterocycles. The van der Waals surface area contributed by atoms with Gasteiger partial charge in [-0.25, -0.2) is 0 Å². The minimum absolute atomic E-state index is 0.0406. The Morgan fingerprint density at radius 3 is 2.76 bits per heavy atom. The summed E-state index contributed by atoms with van der Waals surface area (Å²) >= 11 is 0. The fourth-order valence-electron chi connectivity index (χ4n) is 5.46. The van der Waals surface area contributed by atoms with Crippen molar-refractivity contribution in [3.8, 4) is 6.07 Å². The second kappa shape index (κ2) is 9.12. The minimum atomic E-state index is -0.745. The monoisotopic (exact) mass is 452 g/mol. The normalized spacial score (nSPS) is 26.4. The number of nitrogens with zero attached hydrogens (tertiary/aromatic N) is 5. The molecule has 176 valence electrons. The van der Waals surface area contributed by atoms with Crippen LogP contribution in [0.4, 0.5) is 0 Å². The predicted molar refractivity (Wildman–Crippen MR) is 122 cm³/mol. The van der Waals surface area contributed by atoms with Gasteiger partial charge in [0.05, 0.1) is 24.2 Å². The lowest BCUT2D eigenvalue weighted by molar-refractivity contribution is -0.140. The summed E-state index contributed by atoms with van der Waals surface area (Å²) in [5.74, 6) is -0.236. The molecule has 0 saturated carbocycles. The van der Waals surface area contributed by atoms with Crippen molar-refractivity contribution in [1.29, 1.82) is 5.26 Å². The molecule has 0 aliphatic carbocycles. The molecule has 3 amide bonds. The van der Waals surface area contributed by atoms with Crippen molar-refractivity contribution >= 4 is 17.7 Å². The molecule has 3 aliphatic rings. The number of nitriles is 1. The van der Waals surface area contributed by atoms with E-state index < -0.39 is 12.1 Å². The van der Waals surface area contributed by atoms with E-state index in [0.29, 0.717) is 38.0 Å². The molecule has 2 bridgehead atoms. The highest BCUT2D eigenvalue weighted by molar-refractivity contribution is 5.94. The number of benzene rings is 1. The van der Waals surface area contributed by atoms with E-state index in [2.05, 4.69) is 6.07 Å². The summed E-state index contributed by atoms with van der Waals surface area (Å²) in [5.41, 5.74) is 7.75. The van der Waals surface area contributed by atoms with Gasteiger partial charge in [-0.15, -0.1) is 0 Å². The Morgan fingerprint density at radius 2 is 2.09 bits per heavy atom. The number of likely N-dealkylation sites (tertiary alicyclic amines) is 3. The van der Waals surface area contributed by atoms with Gasteiger partial charge in [-0.1, -0.05) is 12.1 Å². The van der Waals surface area contributed by atoms with Gasteiger partial charge in [-0.05, 0) is 43.9 Å². The third kappa shape index (κ3) is 4.21. The summed E-state index contributed by atoms with van der Waals surface area (Å²) in [6, 6.07) is 8.10. The van der Waals surface area contributed by atoms with Crippen LogP contribution in [0.15, 0.2) is 24.3 Å². The SMILES string of the molecule is C[C@H](c1cccc(C(=O)N(C)C)c1)N1C(=O)[C@H]2CC1CN2C[C@H](N)C(=O)N1CCC[C@H]1C#N. The molecule has 9 nitrogen and oxygen atoms in total. The molecule has 0 spiro atoms. The van der Waals surface area contributed by atoms with Gasteiger partial charge in [0.1, 0.15) is 6.04 Å². The van der Waals surface area contributed by atoms with Crippen molar-refractivity contribution in [2.75, 3.05) is 33.7 Å². The van der Waals surface area contributed by atoms with Gasteiger partial charge in [0.2, 0.25) is 11.8 Å². The predicted octanol–water partition coefficient (Wildman–Crippen LogP) is 0.576. The van der Waals surface area contributed by atoms with E-state index in [1.54, 1.807) is 25.1 Å². The molecular formula is C24H32N6O3. The fourth-order valence-corrected chi connectivity index (χ4v) is 5.46. The number of nitrogens with two attached hydrogens (primary N) is 1. The fraction of sp³-hybridized carbons (Fsp3) is 0.583. The second-order valence-corrected chi connectivity index (χ2v) is 9.53. The summed E-state index contributed by atoms with van der Waals surface area (Å²) in [6.07, 6.45) is 2.22. The van der Waals surface area contributed by atoms with Gasteiger partial charge in [0.25, 0.3) is 5.91 Å². The molecule has 1 unspecified atom stereocenters. The van der Waals surface area contributed by atoms with Crippen molar-refractivity contribution in [2.24, 2.45) is 5.73 Å². The zero-order chi connectivity index (χ0) is 23.9. The maximum Gasteiger partial charge on any atom is 0.253 e. The van der Waals surface area contributed by atoms with Crippen LogP contribution in [0.3, 0.4) is 0 Å². The van der Waals surface area contributed by atoms with E-state index in [4.69, 9.17) is 5.73 Å². The highest BCUT2D eigenvalue weighted by atomic mass is 16.2. The number of hydrogen-bond donors (Lipinski definition) is 1. The van der Waals surface area contributed by atoms with E-state index in [-0.39, 0.29) is 35.8 Å². The number of carbonyl (C=O) groups is 3. The van der Waals surface area contributed by atoms with Crippen molar-refractivity contribution in [3.05, 3.63) is 35.4 Å². The molecule has 0 radical (unpaired) electrons. The average molecular weight is 453 g/mol. The molecule has 1 aromatic carbocycles. The molecule has 9 heteroatoms. The van der Waals surface area contributed by atoms with Gasteiger partial charge in [0, 0.05) is 45.3 Å². The van der Waals surface area contributed by atoms with Crippen LogP contribution in [0.2, 0.25) is 0 Å². The first-order chi connectivity index (χ1) is 15.7. The Morgan fingerprint density at radius 1 is 1.33 bits per heavy atom. The summed E-state index contributed by atoms with van der Waals surface area (Å²) in [4.78, 5) is 45.4. The van der Waals surface area contributed by atoms with Crippen molar-refractivity contribution < 1.29 is 14.4 Å². The third-order valence-corrected chi connectivity index (χ3v) is 7.19. The first-order valence-corrected chi connectivity index (χ1v) is 11.6. The number of piperazine rings is 1. The number of fused-ring (bicyclic) bond motifs is 2. The minimum Gasteiger partial charge on any atom is -0.345 e. The van der Waals surface area contributed by atoms with Crippen LogP contribution in [0.25, 0.3) is 0 Å². The molecule has 5 atom stereocenters. The quantitative estimate of drug-likeness (QED) is 0.675. The first-order valence-electron chi connectivity index (χ1n) is 11.6. The number of amides is 3. The van der Waals surface area contributed by atoms with Gasteiger partial charge in [0.15, 0.2) is 0 Å². The Bertz CT molecular complexity index is 989. The van der Waals surface area contributed by atoms with E-state index in [1.807, 2.05) is 34.9 Å². The lowest BCUT2D eigenvalue weighted by Crippen LogP contribution is -2.56. The van der Waals surface area contributed by atoms with Crippen LogP contribution in [0, 0.1) is 11.3 Å². The molecule has 3 fully saturated rings. The van der Waals surface area contributed by atoms with Crippen LogP contribution >= 0.6 is 0 Å². The Balaban J connectivity index is 1.41. The van der Waals surface area contributed by atoms with Crippen molar-refractivity contribution in [3.63, 3.8) is 0 Å². The smallest absolute Gasteiger partial charge is 0.253 e. The van der Waals surface area contributed by atoms with Gasteiger partial charge >= 0.3 is 0 Å². The molecule has 3 heterocycles. The van der Waals surface area contributed by atoms with Crippen LogP contribution in [-0.2, 0) is 9.59 Å². The molecule has 33 heavy (non-hydrogen) atoms. The highest BCUT2D eigenvalue weighted by Crippen LogP contribution is 2.38. The molecule has 0 aromatic heterocycles. The Labute approximate surface area is 194 Å². The summed E-state index contributed by atoms with van der Waals surface area (Å²) < 4.78 is 0. The van der Waals surface area contributed by atoms with Gasteiger partial charge in [-0.2, -0.15) is 5.26 Å². The van der Waals surface area contributed by atoms with E-state index in [1.165, 1.54) is 4.90 Å².